The van der Waals surface area contributed by atoms with E-state index in [1.165, 1.54) is 5.56 Å². The molecule has 0 aromatic heterocycles. The minimum Gasteiger partial charge on any atom is -0.493 e. The van der Waals surface area contributed by atoms with Crippen LogP contribution in [-0.4, -0.2) is 17.7 Å². The number of rotatable bonds is 5. The predicted octanol–water partition coefficient (Wildman–Crippen LogP) is 3.37. The number of benzene rings is 1. The van der Waals surface area contributed by atoms with Crippen LogP contribution >= 0.6 is 15.9 Å². The molecule has 2 nitrogen and oxygen atoms in total. The monoisotopic (exact) mass is 282 g/mol. The van der Waals surface area contributed by atoms with Crippen LogP contribution in [-0.2, 0) is 6.42 Å². The van der Waals surface area contributed by atoms with Crippen molar-refractivity contribution in [2.75, 3.05) is 11.9 Å². The molecular formula is C13H15BrO2. The Hall–Kier alpha value is -0.830. The first-order chi connectivity index (χ1) is 7.81. The Kier molecular flexibility index (Phi) is 3.99. The summed E-state index contributed by atoms with van der Waals surface area (Å²) in [4.78, 5) is 11.9. The standard InChI is InChI=1S/C13H15BrO2/c14-7-2-1-3-12(15)10-4-5-13-11(9-10)6-8-16-13/h4-5,9H,1-3,6-8H2. The fourth-order valence-corrected chi connectivity index (χ4v) is 2.28. The van der Waals surface area contributed by atoms with Crippen LogP contribution in [0.4, 0.5) is 0 Å². The Bertz CT molecular complexity index is 388. The maximum Gasteiger partial charge on any atom is 0.162 e. The van der Waals surface area contributed by atoms with Crippen molar-refractivity contribution in [2.24, 2.45) is 0 Å². The third-order valence-electron chi connectivity index (χ3n) is 2.80. The number of fused-ring (bicyclic) bond motifs is 1. The molecule has 1 aromatic rings. The molecule has 0 unspecified atom stereocenters. The number of Topliss-reactive ketones (excluding diaryl/α,β-unsaturated/α-hetero) is 1. The average Bonchev–Trinajstić information content (AvgIpc) is 2.76. The summed E-state index contributed by atoms with van der Waals surface area (Å²) in [6.07, 6.45) is 3.58. The van der Waals surface area contributed by atoms with E-state index in [9.17, 15) is 4.79 Å². The van der Waals surface area contributed by atoms with E-state index in [-0.39, 0.29) is 5.78 Å². The minimum atomic E-state index is 0.246. The fraction of sp³-hybridized carbons (Fsp3) is 0.462. The lowest BCUT2D eigenvalue weighted by Crippen LogP contribution is -1.99. The Morgan fingerprint density at radius 3 is 3.06 bits per heavy atom. The topological polar surface area (TPSA) is 26.3 Å². The van der Waals surface area contributed by atoms with E-state index in [0.717, 1.165) is 42.5 Å². The molecule has 86 valence electrons. The Balaban J connectivity index is 2.01. The molecule has 1 heterocycles. The van der Waals surface area contributed by atoms with Gasteiger partial charge in [-0.3, -0.25) is 4.79 Å². The molecule has 1 aliphatic heterocycles. The lowest BCUT2D eigenvalue weighted by atomic mass is 10.0. The number of hydrogen-bond acceptors (Lipinski definition) is 2. The van der Waals surface area contributed by atoms with E-state index in [2.05, 4.69) is 15.9 Å². The van der Waals surface area contributed by atoms with Gasteiger partial charge in [-0.05, 0) is 36.6 Å². The van der Waals surface area contributed by atoms with Crippen LogP contribution in [0.1, 0.15) is 35.2 Å². The summed E-state index contributed by atoms with van der Waals surface area (Å²) in [6, 6.07) is 5.78. The second-order valence-corrected chi connectivity index (χ2v) is 4.78. The predicted molar refractivity (Wildman–Crippen MR) is 67.6 cm³/mol. The van der Waals surface area contributed by atoms with Crippen molar-refractivity contribution in [3.8, 4) is 5.75 Å². The number of halogens is 1. The number of carbonyl (C=O) groups is 1. The Morgan fingerprint density at radius 1 is 1.38 bits per heavy atom. The molecule has 0 amide bonds. The molecule has 16 heavy (non-hydrogen) atoms. The van der Waals surface area contributed by atoms with E-state index in [1.807, 2.05) is 18.2 Å². The third kappa shape index (κ3) is 2.64. The summed E-state index contributed by atoms with van der Waals surface area (Å²) in [6.45, 7) is 0.747. The second-order valence-electron chi connectivity index (χ2n) is 3.99. The molecule has 0 saturated heterocycles. The summed E-state index contributed by atoms with van der Waals surface area (Å²) in [5.74, 6) is 1.19. The maximum atomic E-state index is 11.9. The van der Waals surface area contributed by atoms with Crippen molar-refractivity contribution in [1.82, 2.24) is 0 Å². The van der Waals surface area contributed by atoms with Gasteiger partial charge in [-0.25, -0.2) is 0 Å². The zero-order chi connectivity index (χ0) is 11.4. The van der Waals surface area contributed by atoms with Crippen molar-refractivity contribution >= 4 is 21.7 Å². The number of ketones is 1. The van der Waals surface area contributed by atoms with Crippen LogP contribution in [0.2, 0.25) is 0 Å². The molecule has 0 radical (unpaired) electrons. The van der Waals surface area contributed by atoms with Crippen LogP contribution < -0.4 is 4.74 Å². The first-order valence-electron chi connectivity index (χ1n) is 5.66. The molecule has 0 bridgehead atoms. The van der Waals surface area contributed by atoms with Gasteiger partial charge in [-0.15, -0.1) is 0 Å². The largest absolute Gasteiger partial charge is 0.493 e. The lowest BCUT2D eigenvalue weighted by Gasteiger charge is -2.03. The summed E-state index contributed by atoms with van der Waals surface area (Å²) in [5, 5.41) is 0.971. The normalized spacial score (nSPS) is 13.3. The van der Waals surface area contributed by atoms with Gasteiger partial charge in [0, 0.05) is 23.7 Å². The molecule has 0 fully saturated rings. The zero-order valence-electron chi connectivity index (χ0n) is 9.17. The number of hydrogen-bond donors (Lipinski definition) is 0. The fourth-order valence-electron chi connectivity index (χ4n) is 1.88. The van der Waals surface area contributed by atoms with Gasteiger partial charge in [-0.1, -0.05) is 15.9 Å². The highest BCUT2D eigenvalue weighted by Crippen LogP contribution is 2.26. The molecule has 2 rings (SSSR count). The number of unbranched alkanes of at least 4 members (excludes halogenated alkanes) is 1. The van der Waals surface area contributed by atoms with Crippen molar-refractivity contribution in [3.05, 3.63) is 29.3 Å². The van der Waals surface area contributed by atoms with Gasteiger partial charge in [0.05, 0.1) is 6.61 Å². The van der Waals surface area contributed by atoms with Gasteiger partial charge in [0.2, 0.25) is 0 Å². The van der Waals surface area contributed by atoms with Crippen LogP contribution in [0.3, 0.4) is 0 Å². The van der Waals surface area contributed by atoms with Crippen molar-refractivity contribution in [3.63, 3.8) is 0 Å². The molecule has 1 aliphatic rings. The van der Waals surface area contributed by atoms with Gasteiger partial charge in [-0.2, -0.15) is 0 Å². The van der Waals surface area contributed by atoms with E-state index in [1.54, 1.807) is 0 Å². The molecule has 0 saturated carbocycles. The van der Waals surface area contributed by atoms with E-state index >= 15 is 0 Å². The highest BCUT2D eigenvalue weighted by atomic mass is 79.9. The van der Waals surface area contributed by atoms with Gasteiger partial charge in [0.15, 0.2) is 5.78 Å². The minimum absolute atomic E-state index is 0.246. The highest BCUT2D eigenvalue weighted by molar-refractivity contribution is 9.09. The van der Waals surface area contributed by atoms with Gasteiger partial charge < -0.3 is 4.74 Å². The van der Waals surface area contributed by atoms with E-state index in [4.69, 9.17) is 4.74 Å². The summed E-state index contributed by atoms with van der Waals surface area (Å²) >= 11 is 3.37. The molecule has 1 aromatic carbocycles. The maximum absolute atomic E-state index is 11.9. The smallest absolute Gasteiger partial charge is 0.162 e. The van der Waals surface area contributed by atoms with Crippen LogP contribution in [0.25, 0.3) is 0 Å². The summed E-state index contributed by atoms with van der Waals surface area (Å²) < 4.78 is 5.41. The van der Waals surface area contributed by atoms with Crippen molar-refractivity contribution in [1.29, 1.82) is 0 Å². The second kappa shape index (κ2) is 5.48. The number of alkyl halides is 1. The van der Waals surface area contributed by atoms with Crippen LogP contribution in [0, 0.1) is 0 Å². The van der Waals surface area contributed by atoms with E-state index < -0.39 is 0 Å². The quantitative estimate of drug-likeness (QED) is 0.470. The first-order valence-corrected chi connectivity index (χ1v) is 6.78. The average molecular weight is 283 g/mol. The molecule has 0 aliphatic carbocycles. The van der Waals surface area contributed by atoms with Crippen LogP contribution in [0.5, 0.6) is 5.75 Å². The number of carbonyl (C=O) groups excluding carboxylic acids is 1. The Morgan fingerprint density at radius 2 is 2.25 bits per heavy atom. The SMILES string of the molecule is O=C(CCCCBr)c1ccc2c(c1)CCO2. The lowest BCUT2D eigenvalue weighted by molar-refractivity contribution is 0.0980. The molecular weight excluding hydrogens is 268 g/mol. The summed E-state index contributed by atoms with van der Waals surface area (Å²) in [7, 11) is 0. The van der Waals surface area contributed by atoms with Gasteiger partial charge in [0.1, 0.15) is 5.75 Å². The third-order valence-corrected chi connectivity index (χ3v) is 3.36. The zero-order valence-corrected chi connectivity index (χ0v) is 10.8. The number of ether oxygens (including phenoxy) is 1. The van der Waals surface area contributed by atoms with Gasteiger partial charge in [0.25, 0.3) is 0 Å². The van der Waals surface area contributed by atoms with Crippen molar-refractivity contribution in [2.45, 2.75) is 25.7 Å². The van der Waals surface area contributed by atoms with Crippen molar-refractivity contribution < 1.29 is 9.53 Å². The Labute approximate surface area is 104 Å². The molecule has 0 spiro atoms. The molecule has 0 N–H and O–H groups in total. The molecule has 0 atom stereocenters. The highest BCUT2D eigenvalue weighted by Gasteiger charge is 2.14. The van der Waals surface area contributed by atoms with Gasteiger partial charge >= 0.3 is 0 Å². The van der Waals surface area contributed by atoms with E-state index in [0.29, 0.717) is 6.42 Å². The first kappa shape index (κ1) is 11.6. The van der Waals surface area contributed by atoms with Crippen LogP contribution in [0.15, 0.2) is 18.2 Å². The summed E-state index contributed by atoms with van der Waals surface area (Å²) in [5.41, 5.74) is 2.00. The molecule has 3 heteroatoms.